The highest BCUT2D eigenvalue weighted by atomic mass is 35.5. The van der Waals surface area contributed by atoms with Crippen LogP contribution in [0.3, 0.4) is 0 Å². The number of fused-ring (bicyclic) bond motifs is 1. The van der Waals surface area contributed by atoms with Gasteiger partial charge in [-0.15, -0.1) is 23.2 Å². The van der Waals surface area contributed by atoms with Crippen molar-refractivity contribution in [3.63, 3.8) is 0 Å². The minimum absolute atomic E-state index is 0.121. The number of primary sulfonamides is 1. The molecule has 1 fully saturated rings. The van der Waals surface area contributed by atoms with E-state index in [-0.39, 0.29) is 40.4 Å². The maximum absolute atomic E-state index is 12.6. The Hall–Kier alpha value is -2.04. The average Bonchev–Trinajstić information content (AvgIpc) is 3.10. The SMILES string of the molecule is NS(=O)(=O)c1ccc2sc(NN=C3C(=O)N(CCCl)S(=O)(=O)N(CCCl)C3=O)nc2c1. The molecule has 0 aliphatic carbocycles. The quantitative estimate of drug-likeness (QED) is 0.376. The normalized spacial score (nSPS) is 16.8. The summed E-state index contributed by atoms with van der Waals surface area (Å²) in [5, 5.41) is 8.97. The number of halogens is 2. The predicted octanol–water partition coefficient (Wildman–Crippen LogP) is 0.105. The lowest BCUT2D eigenvalue weighted by Gasteiger charge is -2.33. The van der Waals surface area contributed by atoms with Gasteiger partial charge in [0.1, 0.15) is 0 Å². The number of carbonyl (C=O) groups excluding carboxylic acids is 2. The fourth-order valence-electron chi connectivity index (χ4n) is 2.57. The van der Waals surface area contributed by atoms with Crippen molar-refractivity contribution in [1.82, 2.24) is 13.6 Å². The number of nitrogens with zero attached hydrogens (tertiary/aromatic N) is 4. The third-order valence-corrected chi connectivity index (χ3v) is 7.94. The van der Waals surface area contributed by atoms with Crippen LogP contribution in [0.5, 0.6) is 0 Å². The number of carbonyl (C=O) groups is 2. The summed E-state index contributed by atoms with van der Waals surface area (Å²) >= 11 is 12.2. The van der Waals surface area contributed by atoms with Crippen LogP contribution in [0.25, 0.3) is 10.2 Å². The van der Waals surface area contributed by atoms with Crippen molar-refractivity contribution < 1.29 is 26.4 Å². The molecule has 17 heteroatoms. The first-order valence-electron chi connectivity index (χ1n) is 8.28. The van der Waals surface area contributed by atoms with Crippen LogP contribution in [0.4, 0.5) is 5.13 Å². The second-order valence-corrected chi connectivity index (χ2v) is 11.0. The van der Waals surface area contributed by atoms with Gasteiger partial charge in [-0.1, -0.05) is 11.3 Å². The number of hydrogen-bond acceptors (Lipinski definition) is 10. The maximum Gasteiger partial charge on any atom is 0.331 e. The van der Waals surface area contributed by atoms with Crippen LogP contribution < -0.4 is 10.6 Å². The van der Waals surface area contributed by atoms with Gasteiger partial charge in [-0.3, -0.25) is 15.0 Å². The molecule has 3 rings (SSSR count). The Morgan fingerprint density at radius 1 is 1.13 bits per heavy atom. The van der Waals surface area contributed by atoms with Crippen molar-refractivity contribution in [3.05, 3.63) is 18.2 Å². The number of amides is 2. The van der Waals surface area contributed by atoms with Crippen LogP contribution in [0, 0.1) is 0 Å². The largest absolute Gasteiger partial charge is 0.331 e. The Balaban J connectivity index is 1.96. The van der Waals surface area contributed by atoms with Gasteiger partial charge in [-0.2, -0.15) is 13.5 Å². The predicted molar refractivity (Wildman–Crippen MR) is 116 cm³/mol. The van der Waals surface area contributed by atoms with Gasteiger partial charge in [0.25, 0.3) is 11.8 Å². The third kappa shape index (κ3) is 4.61. The standard InChI is InChI=1S/C14H14Cl2N6O6S3/c15-3-5-21-12(23)11(13(24)22(6-4-16)31(21,27)28)19-20-14-18-9-7-8(30(17,25)26)1-2-10(9)29-14/h1-2,7H,3-6H2,(H,18,20)(H2,17,25,26). The number of nitrogens with one attached hydrogen (secondary N) is 1. The minimum atomic E-state index is -4.43. The second kappa shape index (κ2) is 8.84. The van der Waals surface area contributed by atoms with Gasteiger partial charge in [0, 0.05) is 11.8 Å². The number of aromatic nitrogens is 1. The number of anilines is 1. The molecule has 0 bridgehead atoms. The first kappa shape index (κ1) is 23.6. The van der Waals surface area contributed by atoms with Crippen LogP contribution in [0.1, 0.15) is 0 Å². The summed E-state index contributed by atoms with van der Waals surface area (Å²) in [6, 6.07) is 4.05. The van der Waals surface area contributed by atoms with E-state index in [1.54, 1.807) is 0 Å². The highest BCUT2D eigenvalue weighted by molar-refractivity contribution is 7.89. The number of sulfonamides is 1. The van der Waals surface area contributed by atoms with E-state index in [2.05, 4.69) is 15.5 Å². The molecule has 0 atom stereocenters. The average molecular weight is 529 g/mol. The molecule has 1 aromatic carbocycles. The molecule has 2 aromatic rings. The Kier molecular flexibility index (Phi) is 6.73. The molecule has 1 aliphatic rings. The maximum atomic E-state index is 12.6. The molecule has 2 amide bonds. The zero-order valence-electron chi connectivity index (χ0n) is 15.4. The van der Waals surface area contributed by atoms with Crippen LogP contribution in [0.2, 0.25) is 0 Å². The molecule has 1 saturated heterocycles. The van der Waals surface area contributed by atoms with E-state index in [1.807, 2.05) is 0 Å². The van der Waals surface area contributed by atoms with E-state index in [9.17, 15) is 26.4 Å². The Morgan fingerprint density at radius 2 is 1.71 bits per heavy atom. The molecule has 168 valence electrons. The highest BCUT2D eigenvalue weighted by Gasteiger charge is 2.47. The molecule has 1 aromatic heterocycles. The zero-order chi connectivity index (χ0) is 23.0. The zero-order valence-corrected chi connectivity index (χ0v) is 19.3. The van der Waals surface area contributed by atoms with Crippen molar-refractivity contribution >= 4 is 87.6 Å². The smallest absolute Gasteiger partial charge is 0.266 e. The fourth-order valence-corrected chi connectivity index (χ4v) is 5.91. The molecule has 1 aliphatic heterocycles. The molecule has 0 spiro atoms. The summed E-state index contributed by atoms with van der Waals surface area (Å²) in [6.45, 7) is -0.740. The van der Waals surface area contributed by atoms with Crippen LogP contribution >= 0.6 is 34.5 Å². The summed E-state index contributed by atoms with van der Waals surface area (Å²) in [5.74, 6) is -2.69. The van der Waals surface area contributed by atoms with Gasteiger partial charge < -0.3 is 0 Å². The molecule has 2 heterocycles. The molecule has 0 unspecified atom stereocenters. The molecule has 31 heavy (non-hydrogen) atoms. The van der Waals surface area contributed by atoms with Crippen LogP contribution in [0.15, 0.2) is 28.2 Å². The lowest BCUT2D eigenvalue weighted by molar-refractivity contribution is -0.126. The van der Waals surface area contributed by atoms with E-state index in [4.69, 9.17) is 28.3 Å². The van der Waals surface area contributed by atoms with E-state index >= 15 is 0 Å². The Morgan fingerprint density at radius 3 is 2.23 bits per heavy atom. The molecule has 3 N–H and O–H groups in total. The van der Waals surface area contributed by atoms with E-state index < -0.39 is 37.8 Å². The molecular formula is C14H14Cl2N6O6S3. The number of alkyl halides is 2. The number of benzene rings is 1. The first-order chi connectivity index (χ1) is 14.5. The van der Waals surface area contributed by atoms with Gasteiger partial charge >= 0.3 is 10.2 Å². The van der Waals surface area contributed by atoms with Gasteiger partial charge in [0.2, 0.25) is 20.9 Å². The van der Waals surface area contributed by atoms with Crippen molar-refractivity contribution in [2.24, 2.45) is 10.2 Å². The Bertz CT molecular complexity index is 1260. The first-order valence-corrected chi connectivity index (χ1v) is 13.1. The number of nitrogens with two attached hydrogens (primary N) is 1. The van der Waals surface area contributed by atoms with Crippen molar-refractivity contribution in [2.45, 2.75) is 4.90 Å². The lowest BCUT2D eigenvalue weighted by atomic mass is 10.3. The summed E-state index contributed by atoms with van der Waals surface area (Å²) in [5.41, 5.74) is 2.02. The van der Waals surface area contributed by atoms with Gasteiger partial charge in [0.15, 0.2) is 0 Å². The fraction of sp³-hybridized carbons (Fsp3) is 0.286. The second-order valence-electron chi connectivity index (χ2n) is 5.91. The monoisotopic (exact) mass is 528 g/mol. The number of hydrogen-bond donors (Lipinski definition) is 2. The van der Waals surface area contributed by atoms with Crippen molar-refractivity contribution in [3.8, 4) is 0 Å². The topological polar surface area (TPSA) is 172 Å². The summed E-state index contributed by atoms with van der Waals surface area (Å²) in [4.78, 5) is 29.1. The third-order valence-electron chi connectivity index (χ3n) is 3.94. The lowest BCUT2D eigenvalue weighted by Crippen LogP contribution is -2.61. The van der Waals surface area contributed by atoms with Crippen LogP contribution in [-0.4, -0.2) is 72.8 Å². The van der Waals surface area contributed by atoms with Crippen molar-refractivity contribution in [2.75, 3.05) is 30.3 Å². The molecule has 12 nitrogen and oxygen atoms in total. The number of rotatable bonds is 7. The summed E-state index contributed by atoms with van der Waals surface area (Å²) in [6.07, 6.45) is 0. The van der Waals surface area contributed by atoms with Crippen LogP contribution in [-0.2, 0) is 29.8 Å². The highest BCUT2D eigenvalue weighted by Crippen LogP contribution is 2.28. The molecule has 0 saturated carbocycles. The molecular weight excluding hydrogens is 515 g/mol. The minimum Gasteiger partial charge on any atom is -0.266 e. The summed E-state index contributed by atoms with van der Waals surface area (Å²) < 4.78 is 49.4. The van der Waals surface area contributed by atoms with Gasteiger partial charge in [-0.05, 0) is 18.2 Å². The van der Waals surface area contributed by atoms with E-state index in [1.165, 1.54) is 18.2 Å². The Labute approximate surface area is 190 Å². The van der Waals surface area contributed by atoms with Gasteiger partial charge in [-0.25, -0.2) is 27.2 Å². The van der Waals surface area contributed by atoms with E-state index in [0.29, 0.717) is 13.3 Å². The van der Waals surface area contributed by atoms with E-state index in [0.717, 1.165) is 11.3 Å². The van der Waals surface area contributed by atoms with Gasteiger partial charge in [0.05, 0.1) is 28.2 Å². The molecule has 0 radical (unpaired) electrons. The number of thiazole rings is 1. The summed E-state index contributed by atoms with van der Waals surface area (Å²) in [7, 11) is -8.36. The number of hydrazone groups is 1. The van der Waals surface area contributed by atoms with Crippen molar-refractivity contribution in [1.29, 1.82) is 0 Å².